The lowest BCUT2D eigenvalue weighted by molar-refractivity contribution is -0.976. The van der Waals surface area contributed by atoms with Crippen LogP contribution < -0.4 is 4.90 Å². The van der Waals surface area contributed by atoms with Crippen molar-refractivity contribution >= 4 is 0 Å². The van der Waals surface area contributed by atoms with Crippen LogP contribution in [-0.2, 0) is 0 Å². The van der Waals surface area contributed by atoms with E-state index in [0.717, 1.165) is 13.0 Å². The van der Waals surface area contributed by atoms with Crippen LogP contribution in [0, 0.1) is 5.92 Å². The summed E-state index contributed by atoms with van der Waals surface area (Å²) in [5, 5.41) is 9.72. The van der Waals surface area contributed by atoms with Gasteiger partial charge in [0.2, 0.25) is 0 Å². The summed E-state index contributed by atoms with van der Waals surface area (Å²) in [4.78, 5) is 1.63. The molecule has 0 radical (unpaired) electrons. The zero-order valence-corrected chi connectivity index (χ0v) is 9.59. The first kappa shape index (κ1) is 11.0. The zero-order chi connectivity index (χ0) is 10.2. The van der Waals surface area contributed by atoms with Gasteiger partial charge in [0.1, 0.15) is 0 Å². The Labute approximate surface area is 81.9 Å². The van der Waals surface area contributed by atoms with E-state index in [-0.39, 0.29) is 6.10 Å². The van der Waals surface area contributed by atoms with Gasteiger partial charge >= 0.3 is 0 Å². The molecule has 0 aromatic rings. The molecule has 1 aliphatic heterocycles. The predicted octanol–water partition coefficient (Wildman–Crippen LogP) is 0.459. The van der Waals surface area contributed by atoms with Gasteiger partial charge < -0.3 is 10.0 Å². The molecule has 0 amide bonds. The molecule has 1 saturated heterocycles. The summed E-state index contributed by atoms with van der Waals surface area (Å²) in [7, 11) is 0. The maximum absolute atomic E-state index is 9.72. The molecule has 1 rings (SSSR count). The molecule has 0 saturated carbocycles. The predicted molar refractivity (Wildman–Crippen MR) is 54.8 cm³/mol. The molecule has 0 spiro atoms. The lowest BCUT2D eigenvalue weighted by Crippen LogP contribution is -3.23. The number of hydrogen-bond acceptors (Lipinski definition) is 1. The molecule has 0 aromatic heterocycles. The van der Waals surface area contributed by atoms with Crippen molar-refractivity contribution in [2.75, 3.05) is 6.54 Å². The van der Waals surface area contributed by atoms with Crippen LogP contribution in [0.2, 0.25) is 0 Å². The Morgan fingerprint density at radius 3 is 2.23 bits per heavy atom. The van der Waals surface area contributed by atoms with Crippen LogP contribution in [0.5, 0.6) is 0 Å². The van der Waals surface area contributed by atoms with Crippen LogP contribution in [0.15, 0.2) is 0 Å². The Balaban J connectivity index is 2.67. The second-order valence-corrected chi connectivity index (χ2v) is 5.66. The van der Waals surface area contributed by atoms with Gasteiger partial charge in [-0.1, -0.05) is 6.92 Å². The second kappa shape index (κ2) is 3.58. The van der Waals surface area contributed by atoms with Gasteiger partial charge in [-0.15, -0.1) is 0 Å². The van der Waals surface area contributed by atoms with Crippen LogP contribution >= 0.6 is 0 Å². The number of rotatable bonds is 0. The molecule has 1 heterocycles. The molecule has 4 atom stereocenters. The fraction of sp³-hybridized carbons (Fsp3) is 1.00. The van der Waals surface area contributed by atoms with Crippen LogP contribution in [0.3, 0.4) is 0 Å². The molecule has 0 bridgehead atoms. The molecular weight excluding hydrogens is 162 g/mol. The Kier molecular flexibility index (Phi) is 3.03. The smallest absolute Gasteiger partial charge is 0.0893 e. The SMILES string of the molecule is CC1C[NH+](C(C)(C)C)C(C)CC1O. The second-order valence-electron chi connectivity index (χ2n) is 5.66. The molecule has 2 heteroatoms. The van der Waals surface area contributed by atoms with Gasteiger partial charge in [0.15, 0.2) is 0 Å². The third-order valence-corrected chi connectivity index (χ3v) is 3.35. The average Bonchev–Trinajstić information content (AvgIpc) is 1.94. The van der Waals surface area contributed by atoms with Gasteiger partial charge in [-0.3, -0.25) is 0 Å². The summed E-state index contributed by atoms with van der Waals surface area (Å²) < 4.78 is 0. The minimum absolute atomic E-state index is 0.0823. The highest BCUT2D eigenvalue weighted by molar-refractivity contribution is 4.74. The van der Waals surface area contributed by atoms with Crippen molar-refractivity contribution < 1.29 is 10.0 Å². The zero-order valence-electron chi connectivity index (χ0n) is 9.59. The van der Waals surface area contributed by atoms with Gasteiger partial charge in [0.05, 0.1) is 24.2 Å². The van der Waals surface area contributed by atoms with Crippen LogP contribution in [0.25, 0.3) is 0 Å². The van der Waals surface area contributed by atoms with Crippen molar-refractivity contribution in [1.29, 1.82) is 0 Å². The quantitative estimate of drug-likeness (QED) is 0.564. The maximum atomic E-state index is 9.72. The molecule has 2 nitrogen and oxygen atoms in total. The summed E-state index contributed by atoms with van der Waals surface area (Å²) in [5.41, 5.74) is 0.313. The van der Waals surface area contributed by atoms with E-state index in [1.54, 1.807) is 4.90 Å². The van der Waals surface area contributed by atoms with E-state index in [2.05, 4.69) is 34.6 Å². The summed E-state index contributed by atoms with van der Waals surface area (Å²) in [6.07, 6.45) is 0.870. The first-order valence-corrected chi connectivity index (χ1v) is 5.36. The van der Waals surface area contributed by atoms with Crippen LogP contribution in [0.4, 0.5) is 0 Å². The third-order valence-electron chi connectivity index (χ3n) is 3.35. The molecule has 78 valence electrons. The van der Waals surface area contributed by atoms with E-state index in [4.69, 9.17) is 0 Å². The van der Waals surface area contributed by atoms with Crippen molar-refractivity contribution in [3.8, 4) is 0 Å². The van der Waals surface area contributed by atoms with E-state index in [1.807, 2.05) is 0 Å². The number of nitrogens with one attached hydrogen (secondary N) is 1. The highest BCUT2D eigenvalue weighted by atomic mass is 16.3. The lowest BCUT2D eigenvalue weighted by Gasteiger charge is -2.43. The van der Waals surface area contributed by atoms with E-state index in [0.29, 0.717) is 17.5 Å². The summed E-state index contributed by atoms with van der Waals surface area (Å²) in [5.74, 6) is 0.449. The molecule has 1 fully saturated rings. The van der Waals surface area contributed by atoms with Crippen molar-refractivity contribution in [3.05, 3.63) is 0 Å². The lowest BCUT2D eigenvalue weighted by atomic mass is 9.88. The average molecular weight is 186 g/mol. The Bertz CT molecular complexity index is 173. The van der Waals surface area contributed by atoms with E-state index >= 15 is 0 Å². The fourth-order valence-corrected chi connectivity index (χ4v) is 2.47. The minimum Gasteiger partial charge on any atom is -0.392 e. The third kappa shape index (κ3) is 2.44. The molecule has 2 N–H and O–H groups in total. The molecule has 0 aliphatic carbocycles. The summed E-state index contributed by atoms with van der Waals surface area (Å²) in [6.45, 7) is 12.3. The summed E-state index contributed by atoms with van der Waals surface area (Å²) >= 11 is 0. The highest BCUT2D eigenvalue weighted by Gasteiger charge is 2.38. The molecule has 1 aliphatic rings. The minimum atomic E-state index is -0.0823. The normalized spacial score (nSPS) is 42.0. The van der Waals surface area contributed by atoms with Crippen molar-refractivity contribution in [2.45, 2.75) is 58.7 Å². The van der Waals surface area contributed by atoms with Gasteiger partial charge in [-0.25, -0.2) is 0 Å². The van der Waals surface area contributed by atoms with Gasteiger partial charge in [0, 0.05) is 12.3 Å². The van der Waals surface area contributed by atoms with Gasteiger partial charge in [0.25, 0.3) is 0 Å². The largest absolute Gasteiger partial charge is 0.392 e. The molecule has 4 unspecified atom stereocenters. The standard InChI is InChI=1S/C11H23NO/c1-8-7-12(11(3,4)5)9(2)6-10(8)13/h8-10,13H,6-7H2,1-5H3/p+1. The van der Waals surface area contributed by atoms with Gasteiger partial charge in [-0.2, -0.15) is 0 Å². The van der Waals surface area contributed by atoms with E-state index in [1.165, 1.54) is 0 Å². The number of hydrogen-bond donors (Lipinski definition) is 2. The number of likely N-dealkylation sites (tertiary alicyclic amines) is 1. The first-order chi connectivity index (χ1) is 5.82. The van der Waals surface area contributed by atoms with Crippen molar-refractivity contribution in [3.63, 3.8) is 0 Å². The maximum Gasteiger partial charge on any atom is 0.0893 e. The van der Waals surface area contributed by atoms with Crippen molar-refractivity contribution in [2.24, 2.45) is 5.92 Å². The molecule has 0 aromatic carbocycles. The van der Waals surface area contributed by atoms with E-state index < -0.39 is 0 Å². The van der Waals surface area contributed by atoms with E-state index in [9.17, 15) is 5.11 Å². The monoisotopic (exact) mass is 186 g/mol. The van der Waals surface area contributed by atoms with Gasteiger partial charge in [-0.05, 0) is 27.7 Å². The number of piperidine rings is 1. The topological polar surface area (TPSA) is 24.7 Å². The number of aliphatic hydroxyl groups excluding tert-OH is 1. The Morgan fingerprint density at radius 1 is 1.23 bits per heavy atom. The Morgan fingerprint density at radius 2 is 1.77 bits per heavy atom. The number of quaternary nitrogens is 1. The van der Waals surface area contributed by atoms with Crippen LogP contribution in [-0.4, -0.2) is 29.3 Å². The Hall–Kier alpha value is -0.0800. The summed E-state index contributed by atoms with van der Waals surface area (Å²) in [6, 6.07) is 0.589. The first-order valence-electron chi connectivity index (χ1n) is 5.36. The van der Waals surface area contributed by atoms with Crippen molar-refractivity contribution in [1.82, 2.24) is 0 Å². The molecular formula is C11H24NO+. The van der Waals surface area contributed by atoms with Crippen LogP contribution in [0.1, 0.15) is 41.0 Å². The highest BCUT2D eigenvalue weighted by Crippen LogP contribution is 2.13. The fourth-order valence-electron chi connectivity index (χ4n) is 2.47. The molecule has 13 heavy (non-hydrogen) atoms. The number of aliphatic hydroxyl groups is 1.